The first-order valence-electron chi connectivity index (χ1n) is 7.45. The maximum atomic E-state index is 5.71. The van der Waals surface area contributed by atoms with Gasteiger partial charge in [0, 0.05) is 17.7 Å². The topological polar surface area (TPSA) is 48.2 Å². The molecular formula is C17H16N2O2S. The molecule has 112 valence electrons. The van der Waals surface area contributed by atoms with Crippen LogP contribution in [0, 0.1) is 0 Å². The molecule has 1 unspecified atom stereocenters. The summed E-state index contributed by atoms with van der Waals surface area (Å²) in [5, 5.41) is 2.08. The van der Waals surface area contributed by atoms with Gasteiger partial charge >= 0.3 is 0 Å². The zero-order valence-corrected chi connectivity index (χ0v) is 12.9. The van der Waals surface area contributed by atoms with Crippen LogP contribution in [0.25, 0.3) is 22.5 Å². The van der Waals surface area contributed by atoms with Crippen LogP contribution in [0.4, 0.5) is 0 Å². The first kappa shape index (κ1) is 13.8. The molecule has 0 bridgehead atoms. The van der Waals surface area contributed by atoms with E-state index in [9.17, 15) is 0 Å². The Morgan fingerprint density at radius 2 is 2.09 bits per heavy atom. The molecule has 1 fully saturated rings. The summed E-state index contributed by atoms with van der Waals surface area (Å²) >= 11 is 1.74. The number of para-hydroxylation sites is 1. The fourth-order valence-corrected chi connectivity index (χ4v) is 3.71. The molecule has 0 N–H and O–H groups in total. The lowest BCUT2D eigenvalue weighted by molar-refractivity contribution is 0.129. The van der Waals surface area contributed by atoms with Crippen molar-refractivity contribution in [2.24, 2.45) is 0 Å². The van der Waals surface area contributed by atoms with Crippen molar-refractivity contribution in [2.75, 3.05) is 12.4 Å². The lowest BCUT2D eigenvalue weighted by Gasteiger charge is -2.10. The van der Waals surface area contributed by atoms with Gasteiger partial charge in [-0.2, -0.15) is 0 Å². The van der Waals surface area contributed by atoms with Gasteiger partial charge in [0.25, 0.3) is 0 Å². The van der Waals surface area contributed by atoms with Gasteiger partial charge in [0.1, 0.15) is 5.03 Å². The number of fused-ring (bicyclic) bond motifs is 1. The average Bonchev–Trinajstić information content (AvgIpc) is 3.25. The molecule has 1 aromatic carbocycles. The van der Waals surface area contributed by atoms with Crippen molar-refractivity contribution in [3.63, 3.8) is 0 Å². The molecule has 4 nitrogen and oxygen atoms in total. The molecule has 0 saturated carbocycles. The van der Waals surface area contributed by atoms with Crippen LogP contribution in [0.5, 0.6) is 0 Å². The van der Waals surface area contributed by atoms with Crippen molar-refractivity contribution >= 4 is 22.7 Å². The minimum atomic E-state index is 0.339. The van der Waals surface area contributed by atoms with Crippen LogP contribution in [0.3, 0.4) is 0 Å². The summed E-state index contributed by atoms with van der Waals surface area (Å²) in [6.45, 7) is 0.882. The number of thioether (sulfide) groups is 1. The molecule has 3 heterocycles. The second-order valence-corrected chi connectivity index (χ2v) is 6.30. The molecule has 1 aliphatic rings. The number of aromatic nitrogens is 2. The molecule has 3 aromatic rings. The maximum absolute atomic E-state index is 5.71. The Balaban J connectivity index is 1.70. The van der Waals surface area contributed by atoms with E-state index in [2.05, 4.69) is 11.1 Å². The van der Waals surface area contributed by atoms with Gasteiger partial charge in [-0.3, -0.25) is 0 Å². The van der Waals surface area contributed by atoms with E-state index in [0.29, 0.717) is 17.7 Å². The van der Waals surface area contributed by atoms with Gasteiger partial charge in [-0.05, 0) is 31.0 Å². The summed E-state index contributed by atoms with van der Waals surface area (Å²) < 4.78 is 11.1. The van der Waals surface area contributed by atoms with Crippen LogP contribution in [0.2, 0.25) is 0 Å². The molecule has 5 heteroatoms. The Morgan fingerprint density at radius 1 is 1.14 bits per heavy atom. The van der Waals surface area contributed by atoms with E-state index in [0.717, 1.165) is 41.1 Å². The van der Waals surface area contributed by atoms with Crippen LogP contribution in [0.15, 0.2) is 52.1 Å². The molecule has 1 aliphatic heterocycles. The van der Waals surface area contributed by atoms with E-state index in [1.54, 1.807) is 18.0 Å². The Morgan fingerprint density at radius 3 is 2.91 bits per heavy atom. The Kier molecular flexibility index (Phi) is 3.83. The van der Waals surface area contributed by atoms with E-state index in [-0.39, 0.29) is 0 Å². The van der Waals surface area contributed by atoms with Gasteiger partial charge in [0.2, 0.25) is 0 Å². The van der Waals surface area contributed by atoms with E-state index in [1.165, 1.54) is 0 Å². The molecule has 0 radical (unpaired) electrons. The van der Waals surface area contributed by atoms with Crippen LogP contribution >= 0.6 is 11.8 Å². The standard InChI is InChI=1S/C17H16N2O2S/c1-2-7-14-13(6-1)17(22-11-12-5-3-9-20-12)19-16(18-14)15-8-4-10-21-15/h1-2,4,6-8,10,12H,3,5,9,11H2. The van der Waals surface area contributed by atoms with E-state index < -0.39 is 0 Å². The van der Waals surface area contributed by atoms with E-state index in [1.807, 2.05) is 30.3 Å². The number of rotatable bonds is 4. The van der Waals surface area contributed by atoms with Crippen LogP contribution in [-0.4, -0.2) is 28.4 Å². The van der Waals surface area contributed by atoms with Crippen LogP contribution in [-0.2, 0) is 4.74 Å². The summed E-state index contributed by atoms with van der Waals surface area (Å²) in [5.74, 6) is 2.27. The maximum Gasteiger partial charge on any atom is 0.197 e. The van der Waals surface area contributed by atoms with Crippen molar-refractivity contribution in [3.8, 4) is 11.6 Å². The van der Waals surface area contributed by atoms with Gasteiger partial charge < -0.3 is 9.15 Å². The average molecular weight is 312 g/mol. The first-order valence-corrected chi connectivity index (χ1v) is 8.44. The summed E-state index contributed by atoms with van der Waals surface area (Å²) in [6, 6.07) is 11.8. The molecular weight excluding hydrogens is 296 g/mol. The minimum Gasteiger partial charge on any atom is -0.461 e. The Labute approximate surface area is 132 Å². The third kappa shape index (κ3) is 2.74. The summed E-state index contributed by atoms with van der Waals surface area (Å²) in [6.07, 6.45) is 4.28. The number of ether oxygens (including phenoxy) is 1. The Hall–Kier alpha value is -1.85. The highest BCUT2D eigenvalue weighted by molar-refractivity contribution is 7.99. The molecule has 22 heavy (non-hydrogen) atoms. The van der Waals surface area contributed by atoms with Crippen LogP contribution in [0.1, 0.15) is 12.8 Å². The molecule has 1 atom stereocenters. The molecule has 0 amide bonds. The van der Waals surface area contributed by atoms with Gasteiger partial charge in [-0.15, -0.1) is 11.8 Å². The quantitative estimate of drug-likeness (QED) is 0.535. The largest absolute Gasteiger partial charge is 0.461 e. The first-order chi connectivity index (χ1) is 10.9. The van der Waals surface area contributed by atoms with Crippen molar-refractivity contribution in [1.82, 2.24) is 9.97 Å². The SMILES string of the molecule is c1coc(-c2nc(SCC3CCCO3)c3ccccc3n2)c1. The highest BCUT2D eigenvalue weighted by Gasteiger charge is 2.18. The minimum absolute atomic E-state index is 0.339. The van der Waals surface area contributed by atoms with Crippen molar-refractivity contribution in [1.29, 1.82) is 0 Å². The van der Waals surface area contributed by atoms with Gasteiger partial charge in [0.15, 0.2) is 11.6 Å². The number of furan rings is 1. The highest BCUT2D eigenvalue weighted by Crippen LogP contribution is 2.30. The normalized spacial score (nSPS) is 18.1. The van der Waals surface area contributed by atoms with Crippen molar-refractivity contribution in [2.45, 2.75) is 24.0 Å². The van der Waals surface area contributed by atoms with Crippen LogP contribution < -0.4 is 0 Å². The van der Waals surface area contributed by atoms with Crippen molar-refractivity contribution < 1.29 is 9.15 Å². The van der Waals surface area contributed by atoms with Gasteiger partial charge in [0.05, 0.1) is 17.9 Å². The lowest BCUT2D eigenvalue weighted by Crippen LogP contribution is -2.08. The van der Waals surface area contributed by atoms with E-state index >= 15 is 0 Å². The summed E-state index contributed by atoms with van der Waals surface area (Å²) in [4.78, 5) is 9.32. The third-order valence-corrected chi connectivity index (χ3v) is 4.86. The number of hydrogen-bond donors (Lipinski definition) is 0. The lowest BCUT2D eigenvalue weighted by atomic mass is 10.2. The predicted molar refractivity (Wildman–Crippen MR) is 86.9 cm³/mol. The van der Waals surface area contributed by atoms with Gasteiger partial charge in [-0.25, -0.2) is 9.97 Å². The zero-order valence-electron chi connectivity index (χ0n) is 12.1. The monoisotopic (exact) mass is 312 g/mol. The second-order valence-electron chi connectivity index (χ2n) is 5.29. The van der Waals surface area contributed by atoms with Crippen molar-refractivity contribution in [3.05, 3.63) is 42.7 Å². The fourth-order valence-electron chi connectivity index (χ4n) is 2.62. The molecule has 0 aliphatic carbocycles. The fraction of sp³-hybridized carbons (Fsp3) is 0.294. The van der Waals surface area contributed by atoms with E-state index in [4.69, 9.17) is 14.1 Å². The number of benzene rings is 1. The number of hydrogen-bond acceptors (Lipinski definition) is 5. The predicted octanol–water partition coefficient (Wildman–Crippen LogP) is 4.16. The molecule has 0 spiro atoms. The number of nitrogens with zero attached hydrogens (tertiary/aromatic N) is 2. The summed E-state index contributed by atoms with van der Waals surface area (Å²) in [7, 11) is 0. The van der Waals surface area contributed by atoms with Gasteiger partial charge in [-0.1, -0.05) is 18.2 Å². The summed E-state index contributed by atoms with van der Waals surface area (Å²) in [5.41, 5.74) is 0.943. The third-order valence-electron chi connectivity index (χ3n) is 3.74. The smallest absolute Gasteiger partial charge is 0.197 e. The highest BCUT2D eigenvalue weighted by atomic mass is 32.2. The molecule has 4 rings (SSSR count). The zero-order chi connectivity index (χ0) is 14.8. The Bertz CT molecular complexity index is 767. The molecule has 2 aromatic heterocycles. The molecule has 1 saturated heterocycles. The second kappa shape index (κ2) is 6.10.